The number of sulfonamides is 1. The lowest BCUT2D eigenvalue weighted by Crippen LogP contribution is -2.38. The standard InChI is InChI=1S/C22H24ClN3O4S2/c1-26(14-6-4-3-5-7-14)32(28,29)16-9-10-18(23)17(13-16)21(27)25-22-24-19-11-8-15(30-2)12-20(19)31-22/h8-14H,3-7H2,1-2H3,(H,24,25,27). The van der Waals surface area contributed by atoms with Crippen LogP contribution < -0.4 is 10.1 Å². The van der Waals surface area contributed by atoms with Gasteiger partial charge in [-0.05, 0) is 49.2 Å². The highest BCUT2D eigenvalue weighted by atomic mass is 35.5. The molecular formula is C22H24ClN3O4S2. The van der Waals surface area contributed by atoms with Crippen molar-refractivity contribution in [3.05, 3.63) is 47.0 Å². The first-order valence-corrected chi connectivity index (χ1v) is 13.0. The topological polar surface area (TPSA) is 88.6 Å². The van der Waals surface area contributed by atoms with E-state index in [4.69, 9.17) is 16.3 Å². The summed E-state index contributed by atoms with van der Waals surface area (Å²) in [6.45, 7) is 0. The van der Waals surface area contributed by atoms with Crippen LogP contribution in [-0.4, -0.2) is 43.8 Å². The third kappa shape index (κ3) is 4.61. The van der Waals surface area contributed by atoms with Crippen LogP contribution in [0.25, 0.3) is 10.2 Å². The number of hydrogen-bond acceptors (Lipinski definition) is 6. The Morgan fingerprint density at radius 2 is 1.94 bits per heavy atom. The number of fused-ring (bicyclic) bond motifs is 1. The maximum atomic E-state index is 13.2. The number of ether oxygens (including phenoxy) is 1. The van der Waals surface area contributed by atoms with Crippen molar-refractivity contribution >= 4 is 54.2 Å². The van der Waals surface area contributed by atoms with E-state index in [1.54, 1.807) is 20.2 Å². The van der Waals surface area contributed by atoms with E-state index in [2.05, 4.69) is 10.3 Å². The summed E-state index contributed by atoms with van der Waals surface area (Å²) in [6.07, 6.45) is 4.87. The molecule has 0 unspecified atom stereocenters. The van der Waals surface area contributed by atoms with Gasteiger partial charge in [-0.1, -0.05) is 42.2 Å². The van der Waals surface area contributed by atoms with Gasteiger partial charge in [0.15, 0.2) is 5.13 Å². The van der Waals surface area contributed by atoms with Gasteiger partial charge in [-0.15, -0.1) is 0 Å². The Morgan fingerprint density at radius 1 is 1.19 bits per heavy atom. The molecule has 7 nitrogen and oxygen atoms in total. The zero-order valence-corrected chi connectivity index (χ0v) is 20.2. The lowest BCUT2D eigenvalue weighted by Gasteiger charge is -2.30. The number of carbonyl (C=O) groups is 1. The zero-order chi connectivity index (χ0) is 22.9. The van der Waals surface area contributed by atoms with Crippen LogP contribution in [-0.2, 0) is 10.0 Å². The Balaban J connectivity index is 1.58. The first-order valence-electron chi connectivity index (χ1n) is 10.3. The number of carbonyl (C=O) groups excluding carboxylic acids is 1. The molecule has 10 heteroatoms. The molecule has 0 bridgehead atoms. The normalized spacial score (nSPS) is 15.2. The van der Waals surface area contributed by atoms with Crippen LogP contribution in [0.5, 0.6) is 5.75 Å². The van der Waals surface area contributed by atoms with E-state index in [0.717, 1.165) is 42.3 Å². The van der Waals surface area contributed by atoms with Crippen molar-refractivity contribution in [2.45, 2.75) is 43.0 Å². The number of thiazole rings is 1. The number of benzene rings is 2. The second kappa shape index (κ2) is 9.35. The predicted molar refractivity (Wildman–Crippen MR) is 127 cm³/mol. The summed E-state index contributed by atoms with van der Waals surface area (Å²) in [5.41, 5.74) is 0.809. The smallest absolute Gasteiger partial charge is 0.259 e. The van der Waals surface area contributed by atoms with E-state index in [9.17, 15) is 13.2 Å². The maximum Gasteiger partial charge on any atom is 0.259 e. The summed E-state index contributed by atoms with van der Waals surface area (Å²) < 4.78 is 33.9. The molecule has 1 aromatic heterocycles. The van der Waals surface area contributed by atoms with Crippen molar-refractivity contribution in [2.75, 3.05) is 19.5 Å². The van der Waals surface area contributed by atoms with E-state index >= 15 is 0 Å². The molecule has 170 valence electrons. The maximum absolute atomic E-state index is 13.2. The number of anilines is 1. The minimum absolute atomic E-state index is 0.0264. The summed E-state index contributed by atoms with van der Waals surface area (Å²) in [4.78, 5) is 17.4. The summed E-state index contributed by atoms with van der Waals surface area (Å²) in [5, 5.41) is 3.29. The highest BCUT2D eigenvalue weighted by molar-refractivity contribution is 7.89. The number of aromatic nitrogens is 1. The van der Waals surface area contributed by atoms with E-state index < -0.39 is 15.9 Å². The highest BCUT2D eigenvalue weighted by Gasteiger charge is 2.30. The summed E-state index contributed by atoms with van der Waals surface area (Å²) in [5.74, 6) is 0.181. The monoisotopic (exact) mass is 493 g/mol. The van der Waals surface area contributed by atoms with Crippen LogP contribution >= 0.6 is 22.9 Å². The molecule has 0 spiro atoms. The van der Waals surface area contributed by atoms with E-state index in [1.807, 2.05) is 12.1 Å². The van der Waals surface area contributed by atoms with Gasteiger partial charge in [0.1, 0.15) is 5.75 Å². The number of halogens is 1. The van der Waals surface area contributed by atoms with Crippen LogP contribution in [0.2, 0.25) is 5.02 Å². The quantitative estimate of drug-likeness (QED) is 0.512. The van der Waals surface area contributed by atoms with Crippen molar-refractivity contribution in [1.29, 1.82) is 0 Å². The minimum atomic E-state index is -3.74. The molecule has 4 rings (SSSR count). The van der Waals surface area contributed by atoms with Crippen molar-refractivity contribution in [2.24, 2.45) is 0 Å². The Labute approximate surface area is 196 Å². The molecule has 1 aliphatic rings. The van der Waals surface area contributed by atoms with E-state index in [1.165, 1.54) is 33.8 Å². The number of amides is 1. The SMILES string of the molecule is COc1ccc2nc(NC(=O)c3cc(S(=O)(=O)N(C)C4CCCCC4)ccc3Cl)sc2c1. The second-order valence-corrected chi connectivity index (χ2v) is 11.2. The van der Waals surface area contributed by atoms with Gasteiger partial charge in [-0.3, -0.25) is 10.1 Å². The largest absolute Gasteiger partial charge is 0.497 e. The molecule has 0 atom stereocenters. The fraction of sp³-hybridized carbons (Fsp3) is 0.364. The van der Waals surface area contributed by atoms with E-state index in [0.29, 0.717) is 10.9 Å². The number of methoxy groups -OCH3 is 1. The fourth-order valence-electron chi connectivity index (χ4n) is 3.90. The van der Waals surface area contributed by atoms with Crippen LogP contribution in [0.1, 0.15) is 42.5 Å². The Kier molecular flexibility index (Phi) is 6.71. The lowest BCUT2D eigenvalue weighted by molar-refractivity contribution is 0.102. The minimum Gasteiger partial charge on any atom is -0.497 e. The summed E-state index contributed by atoms with van der Waals surface area (Å²) >= 11 is 7.55. The number of nitrogens with one attached hydrogen (secondary N) is 1. The van der Waals surface area contributed by atoms with Gasteiger partial charge in [0.25, 0.3) is 5.91 Å². The van der Waals surface area contributed by atoms with Crippen LogP contribution in [0, 0.1) is 0 Å². The molecule has 0 saturated heterocycles. The molecule has 1 aliphatic carbocycles. The summed E-state index contributed by atoms with van der Waals surface area (Å²) in [7, 11) is -0.555. The predicted octanol–water partition coefficient (Wildman–Crippen LogP) is 5.16. The first-order chi connectivity index (χ1) is 15.3. The molecule has 3 aromatic rings. The van der Waals surface area contributed by atoms with Gasteiger partial charge in [0.05, 0.1) is 32.8 Å². The molecule has 1 heterocycles. The van der Waals surface area contributed by atoms with Gasteiger partial charge in [-0.25, -0.2) is 13.4 Å². The fourth-order valence-corrected chi connectivity index (χ4v) is 6.43. The van der Waals surface area contributed by atoms with Crippen molar-refractivity contribution < 1.29 is 17.9 Å². The van der Waals surface area contributed by atoms with Crippen molar-refractivity contribution in [3.8, 4) is 5.75 Å². The molecule has 0 aliphatic heterocycles. The molecule has 1 fully saturated rings. The lowest BCUT2D eigenvalue weighted by atomic mass is 9.96. The average molecular weight is 494 g/mol. The third-order valence-electron chi connectivity index (χ3n) is 5.76. The Hall–Kier alpha value is -2.20. The van der Waals surface area contributed by atoms with Crippen LogP contribution in [0.4, 0.5) is 5.13 Å². The Bertz CT molecular complexity index is 1250. The van der Waals surface area contributed by atoms with Crippen LogP contribution in [0.15, 0.2) is 41.3 Å². The van der Waals surface area contributed by atoms with Gasteiger partial charge >= 0.3 is 0 Å². The number of rotatable bonds is 6. The molecule has 2 aromatic carbocycles. The van der Waals surface area contributed by atoms with Gasteiger partial charge < -0.3 is 4.74 Å². The zero-order valence-electron chi connectivity index (χ0n) is 17.8. The Morgan fingerprint density at radius 3 is 2.66 bits per heavy atom. The molecular weight excluding hydrogens is 470 g/mol. The highest BCUT2D eigenvalue weighted by Crippen LogP contribution is 2.31. The third-order valence-corrected chi connectivity index (χ3v) is 8.93. The molecule has 1 saturated carbocycles. The second-order valence-electron chi connectivity index (χ2n) is 7.76. The molecule has 1 N–H and O–H groups in total. The average Bonchev–Trinajstić information content (AvgIpc) is 3.20. The van der Waals surface area contributed by atoms with Gasteiger partial charge in [-0.2, -0.15) is 4.31 Å². The first kappa shape index (κ1) is 23.0. The number of nitrogens with zero attached hydrogens (tertiary/aromatic N) is 2. The summed E-state index contributed by atoms with van der Waals surface area (Å²) in [6, 6.07) is 9.64. The van der Waals surface area contributed by atoms with Gasteiger partial charge in [0, 0.05) is 13.1 Å². The number of hydrogen-bond donors (Lipinski definition) is 1. The molecule has 1 amide bonds. The van der Waals surface area contributed by atoms with Crippen LogP contribution in [0.3, 0.4) is 0 Å². The van der Waals surface area contributed by atoms with Crippen molar-refractivity contribution in [3.63, 3.8) is 0 Å². The van der Waals surface area contributed by atoms with Crippen molar-refractivity contribution in [1.82, 2.24) is 9.29 Å². The molecule has 32 heavy (non-hydrogen) atoms. The van der Waals surface area contributed by atoms with E-state index in [-0.39, 0.29) is 21.5 Å². The molecule has 0 radical (unpaired) electrons. The van der Waals surface area contributed by atoms with Gasteiger partial charge in [0.2, 0.25) is 10.0 Å².